The Morgan fingerprint density at radius 3 is 2.83 bits per heavy atom. The van der Waals surface area contributed by atoms with Crippen molar-refractivity contribution in [3.8, 4) is 0 Å². The molecular weight excluding hydrogens is 226 g/mol. The number of carbonyl (C=O) groups excluding carboxylic acids is 1. The van der Waals surface area contributed by atoms with Gasteiger partial charge in [0.2, 0.25) is 5.91 Å². The van der Waals surface area contributed by atoms with Gasteiger partial charge < -0.3 is 9.73 Å². The largest absolute Gasteiger partial charge is 0.469 e. The van der Waals surface area contributed by atoms with E-state index in [1.54, 1.807) is 6.26 Å². The van der Waals surface area contributed by atoms with Gasteiger partial charge in [-0.3, -0.25) is 4.79 Å². The molecule has 1 amide bonds. The van der Waals surface area contributed by atoms with Gasteiger partial charge in [0.05, 0.1) is 6.26 Å². The number of aryl methyl sites for hydroxylation is 1. The van der Waals surface area contributed by atoms with Crippen LogP contribution in [0.3, 0.4) is 0 Å². The second-order valence-corrected chi connectivity index (χ2v) is 4.77. The second kappa shape index (κ2) is 4.33. The monoisotopic (exact) mass is 241 g/mol. The van der Waals surface area contributed by atoms with Crippen LogP contribution in [0.4, 0.5) is 5.69 Å². The molecule has 1 aliphatic carbocycles. The third kappa shape index (κ3) is 2.04. The zero-order chi connectivity index (χ0) is 12.5. The molecule has 1 N–H and O–H groups in total. The Morgan fingerprint density at radius 2 is 2.11 bits per heavy atom. The number of hydrogen-bond donors (Lipinski definition) is 1. The van der Waals surface area contributed by atoms with Crippen LogP contribution >= 0.6 is 0 Å². The van der Waals surface area contributed by atoms with Gasteiger partial charge in [-0.2, -0.15) is 0 Å². The molecule has 0 spiro atoms. The smallest absolute Gasteiger partial charge is 0.228 e. The van der Waals surface area contributed by atoms with Crippen LogP contribution in [0.1, 0.15) is 23.7 Å². The summed E-state index contributed by atoms with van der Waals surface area (Å²) in [7, 11) is 0. The van der Waals surface area contributed by atoms with E-state index >= 15 is 0 Å². The van der Waals surface area contributed by atoms with Gasteiger partial charge in [-0.25, -0.2) is 0 Å². The van der Waals surface area contributed by atoms with Crippen molar-refractivity contribution in [3.63, 3.8) is 0 Å². The van der Waals surface area contributed by atoms with Gasteiger partial charge in [0.25, 0.3) is 0 Å². The van der Waals surface area contributed by atoms with Crippen LogP contribution in [0.5, 0.6) is 0 Å². The molecule has 1 fully saturated rings. The number of anilines is 1. The lowest BCUT2D eigenvalue weighted by molar-refractivity contribution is -0.117. The van der Waals surface area contributed by atoms with Crippen LogP contribution in [0, 0.1) is 12.8 Å². The minimum Gasteiger partial charge on any atom is -0.469 e. The van der Waals surface area contributed by atoms with E-state index in [1.165, 1.54) is 0 Å². The molecule has 1 saturated carbocycles. The predicted molar refractivity (Wildman–Crippen MR) is 69.4 cm³/mol. The summed E-state index contributed by atoms with van der Waals surface area (Å²) in [5.41, 5.74) is 1.98. The summed E-state index contributed by atoms with van der Waals surface area (Å²) in [5.74, 6) is 1.31. The fourth-order valence-electron chi connectivity index (χ4n) is 2.24. The lowest BCUT2D eigenvalue weighted by Crippen LogP contribution is -2.15. The average Bonchev–Trinajstić information content (AvgIpc) is 2.99. The van der Waals surface area contributed by atoms with Crippen molar-refractivity contribution in [2.24, 2.45) is 5.92 Å². The highest BCUT2D eigenvalue weighted by atomic mass is 16.3. The highest BCUT2D eigenvalue weighted by molar-refractivity contribution is 5.95. The zero-order valence-electron chi connectivity index (χ0n) is 10.2. The Morgan fingerprint density at radius 1 is 1.28 bits per heavy atom. The fraction of sp³-hybridized carbons (Fsp3) is 0.267. The first-order valence-corrected chi connectivity index (χ1v) is 6.15. The zero-order valence-corrected chi connectivity index (χ0v) is 10.2. The summed E-state index contributed by atoms with van der Waals surface area (Å²) >= 11 is 0. The summed E-state index contributed by atoms with van der Waals surface area (Å²) in [6, 6.07) is 11.6. The maximum Gasteiger partial charge on any atom is 0.228 e. The number of carbonyl (C=O) groups is 1. The Balaban J connectivity index is 1.66. The third-order valence-corrected chi connectivity index (χ3v) is 3.44. The van der Waals surface area contributed by atoms with Crippen LogP contribution in [-0.4, -0.2) is 5.91 Å². The predicted octanol–water partition coefficient (Wildman–Crippen LogP) is 3.33. The van der Waals surface area contributed by atoms with Crippen molar-refractivity contribution in [1.29, 1.82) is 0 Å². The maximum absolute atomic E-state index is 12.1. The lowest BCUT2D eigenvalue weighted by Gasteiger charge is -2.07. The van der Waals surface area contributed by atoms with Crippen molar-refractivity contribution >= 4 is 11.6 Å². The molecule has 0 aliphatic heterocycles. The SMILES string of the molecule is Cc1ccccc1NC(=O)C1CC1c1ccco1. The molecule has 3 nitrogen and oxygen atoms in total. The van der Waals surface area contributed by atoms with E-state index in [-0.39, 0.29) is 17.7 Å². The molecule has 3 rings (SSSR count). The molecular formula is C15H15NO2. The summed E-state index contributed by atoms with van der Waals surface area (Å²) < 4.78 is 5.33. The number of benzene rings is 1. The van der Waals surface area contributed by atoms with Crippen LogP contribution in [0.25, 0.3) is 0 Å². The Kier molecular flexibility index (Phi) is 2.67. The van der Waals surface area contributed by atoms with Gasteiger partial charge in [-0.1, -0.05) is 18.2 Å². The molecule has 0 radical (unpaired) electrons. The number of furan rings is 1. The molecule has 2 aromatic rings. The first-order valence-electron chi connectivity index (χ1n) is 6.15. The van der Waals surface area contributed by atoms with Crippen LogP contribution in [0.15, 0.2) is 47.1 Å². The molecule has 2 unspecified atom stereocenters. The Hall–Kier alpha value is -2.03. The van der Waals surface area contributed by atoms with Gasteiger partial charge in [-0.15, -0.1) is 0 Å². The number of nitrogens with one attached hydrogen (secondary N) is 1. The average molecular weight is 241 g/mol. The second-order valence-electron chi connectivity index (χ2n) is 4.77. The van der Waals surface area contributed by atoms with Crippen LogP contribution < -0.4 is 5.32 Å². The Bertz CT molecular complexity index is 560. The summed E-state index contributed by atoms with van der Waals surface area (Å²) in [6.07, 6.45) is 2.54. The number of para-hydroxylation sites is 1. The number of hydrogen-bond acceptors (Lipinski definition) is 2. The minimum atomic E-state index is 0.0516. The van der Waals surface area contributed by atoms with Crippen molar-refractivity contribution in [2.45, 2.75) is 19.3 Å². The number of rotatable bonds is 3. The molecule has 18 heavy (non-hydrogen) atoms. The van der Waals surface area contributed by atoms with Gasteiger partial charge >= 0.3 is 0 Å². The fourth-order valence-corrected chi connectivity index (χ4v) is 2.24. The molecule has 1 aromatic heterocycles. The number of amides is 1. The van der Waals surface area contributed by atoms with Crippen LogP contribution in [0.2, 0.25) is 0 Å². The van der Waals surface area contributed by atoms with E-state index in [2.05, 4.69) is 5.32 Å². The molecule has 2 atom stereocenters. The molecule has 0 saturated heterocycles. The normalized spacial score (nSPS) is 21.6. The van der Waals surface area contributed by atoms with E-state index in [0.29, 0.717) is 0 Å². The van der Waals surface area contributed by atoms with Crippen molar-refractivity contribution in [3.05, 3.63) is 54.0 Å². The standard InChI is InChI=1S/C15H15NO2/c1-10-5-2-3-6-13(10)16-15(17)12-9-11(12)14-7-4-8-18-14/h2-8,11-12H,9H2,1H3,(H,16,17). The molecule has 1 aliphatic rings. The van der Waals surface area contributed by atoms with E-state index in [4.69, 9.17) is 4.42 Å². The van der Waals surface area contributed by atoms with Gasteiger partial charge in [0.15, 0.2) is 0 Å². The summed E-state index contributed by atoms with van der Waals surface area (Å²) in [5, 5.41) is 2.98. The van der Waals surface area contributed by atoms with Gasteiger partial charge in [0, 0.05) is 17.5 Å². The highest BCUT2D eigenvalue weighted by Gasteiger charge is 2.45. The molecule has 1 aromatic carbocycles. The topological polar surface area (TPSA) is 42.2 Å². The Labute approximate surface area is 106 Å². The van der Waals surface area contributed by atoms with E-state index in [9.17, 15) is 4.79 Å². The van der Waals surface area contributed by atoms with E-state index in [1.807, 2.05) is 43.3 Å². The molecule has 0 bridgehead atoms. The summed E-state index contributed by atoms with van der Waals surface area (Å²) in [6.45, 7) is 1.99. The third-order valence-electron chi connectivity index (χ3n) is 3.44. The van der Waals surface area contributed by atoms with E-state index in [0.717, 1.165) is 23.4 Å². The highest BCUT2D eigenvalue weighted by Crippen LogP contribution is 2.48. The minimum absolute atomic E-state index is 0.0516. The molecule has 92 valence electrons. The van der Waals surface area contributed by atoms with E-state index < -0.39 is 0 Å². The summed E-state index contributed by atoms with van der Waals surface area (Å²) in [4.78, 5) is 12.1. The first kappa shape index (κ1) is 11.1. The van der Waals surface area contributed by atoms with Gasteiger partial charge in [-0.05, 0) is 37.1 Å². The quantitative estimate of drug-likeness (QED) is 0.895. The lowest BCUT2D eigenvalue weighted by atomic mass is 10.2. The van der Waals surface area contributed by atoms with Crippen molar-refractivity contribution in [2.75, 3.05) is 5.32 Å². The maximum atomic E-state index is 12.1. The molecule has 3 heteroatoms. The van der Waals surface area contributed by atoms with Gasteiger partial charge in [0.1, 0.15) is 5.76 Å². The first-order chi connectivity index (χ1) is 8.75. The van der Waals surface area contributed by atoms with Crippen molar-refractivity contribution in [1.82, 2.24) is 0 Å². The van der Waals surface area contributed by atoms with Crippen molar-refractivity contribution < 1.29 is 9.21 Å². The van der Waals surface area contributed by atoms with Crippen LogP contribution in [-0.2, 0) is 4.79 Å². The molecule has 1 heterocycles.